The van der Waals surface area contributed by atoms with Gasteiger partial charge in [-0.15, -0.1) is 0 Å². The summed E-state index contributed by atoms with van der Waals surface area (Å²) in [4.78, 5) is 18.7. The van der Waals surface area contributed by atoms with Crippen LogP contribution in [0, 0.1) is 0 Å². The topological polar surface area (TPSA) is 69.3 Å². The summed E-state index contributed by atoms with van der Waals surface area (Å²) in [5.74, 6) is 0. The van der Waals surface area contributed by atoms with Crippen molar-refractivity contribution < 1.29 is 4.79 Å². The Morgan fingerprint density at radius 3 is 2.89 bits per heavy atom. The minimum atomic E-state index is -0.188. The number of piperidine rings is 1. The largest absolute Gasteiger partial charge is 0.382 e. The van der Waals surface area contributed by atoms with Gasteiger partial charge in [0.05, 0.1) is 5.69 Å². The van der Waals surface area contributed by atoms with Crippen molar-refractivity contribution >= 4 is 17.4 Å². The van der Waals surface area contributed by atoms with E-state index in [1.165, 1.54) is 24.8 Å². The average molecular weight is 367 g/mol. The zero-order valence-electron chi connectivity index (χ0n) is 15.9. The number of carbonyl (C=O) groups excluding carboxylic acids is 1. The number of nitrogens with one attached hydrogen (secondary N) is 3. The number of carbonyl (C=O) groups is 1. The highest BCUT2D eigenvalue weighted by molar-refractivity contribution is 5.89. The summed E-state index contributed by atoms with van der Waals surface area (Å²) in [6.07, 6.45) is 7.37. The maximum atomic E-state index is 12.1. The number of hydrogen-bond acceptors (Lipinski definition) is 4. The molecule has 1 atom stereocenters. The summed E-state index contributed by atoms with van der Waals surface area (Å²) < 4.78 is 0. The highest BCUT2D eigenvalue weighted by atomic mass is 16.2. The van der Waals surface area contributed by atoms with Crippen molar-refractivity contribution in [3.8, 4) is 0 Å². The molecule has 0 saturated carbocycles. The first-order valence-electron chi connectivity index (χ1n) is 9.72. The lowest BCUT2D eigenvalue weighted by molar-refractivity contribution is 0.152. The second kappa shape index (κ2) is 9.92. The minimum absolute atomic E-state index is 0.188. The first-order chi connectivity index (χ1) is 13.2. The number of nitrogens with zero attached hydrogens (tertiary/aromatic N) is 2. The van der Waals surface area contributed by atoms with Crippen molar-refractivity contribution in [3.63, 3.8) is 0 Å². The predicted octanol–water partition coefficient (Wildman–Crippen LogP) is 3.69. The number of anilines is 2. The number of likely N-dealkylation sites (tertiary alicyclic amines) is 1. The Morgan fingerprint density at radius 1 is 1.19 bits per heavy atom. The van der Waals surface area contributed by atoms with E-state index >= 15 is 0 Å². The molecule has 3 N–H and O–H groups in total. The third kappa shape index (κ3) is 6.25. The Morgan fingerprint density at radius 2 is 2.07 bits per heavy atom. The quantitative estimate of drug-likeness (QED) is 0.653. The first-order valence-corrected chi connectivity index (χ1v) is 9.72. The number of urea groups is 1. The van der Waals surface area contributed by atoms with Gasteiger partial charge in [-0.05, 0) is 56.1 Å². The van der Waals surface area contributed by atoms with Crippen LogP contribution >= 0.6 is 0 Å². The number of pyridine rings is 1. The van der Waals surface area contributed by atoms with Gasteiger partial charge in [0.25, 0.3) is 0 Å². The first kappa shape index (κ1) is 19.2. The summed E-state index contributed by atoms with van der Waals surface area (Å²) in [5, 5.41) is 9.00. The lowest BCUT2D eigenvalue weighted by Crippen LogP contribution is -2.36. The molecule has 3 rings (SSSR count). The van der Waals surface area contributed by atoms with Crippen molar-refractivity contribution in [2.24, 2.45) is 0 Å². The van der Waals surface area contributed by atoms with Crippen molar-refractivity contribution in [1.82, 2.24) is 15.2 Å². The second-order valence-electron chi connectivity index (χ2n) is 7.07. The molecule has 27 heavy (non-hydrogen) atoms. The fourth-order valence-electron chi connectivity index (χ4n) is 3.40. The molecular formula is C21H29N5O. The summed E-state index contributed by atoms with van der Waals surface area (Å²) in [6, 6.07) is 12.4. The van der Waals surface area contributed by atoms with Crippen LogP contribution in [0.25, 0.3) is 0 Å². The number of hydrogen-bond donors (Lipinski definition) is 3. The molecule has 0 radical (unpaired) electrons. The molecule has 144 valence electrons. The highest BCUT2D eigenvalue weighted by Crippen LogP contribution is 2.20. The van der Waals surface area contributed by atoms with Crippen LogP contribution in [-0.2, 0) is 6.54 Å². The highest BCUT2D eigenvalue weighted by Gasteiger charge is 2.18. The van der Waals surface area contributed by atoms with E-state index in [1.54, 1.807) is 12.4 Å². The molecule has 1 aromatic carbocycles. The number of amides is 2. The van der Waals surface area contributed by atoms with Gasteiger partial charge >= 0.3 is 6.03 Å². The second-order valence-corrected chi connectivity index (χ2v) is 7.07. The molecular weight excluding hydrogens is 338 g/mol. The Balaban J connectivity index is 1.42. The third-order valence-corrected chi connectivity index (χ3v) is 4.91. The Labute approximate surface area is 161 Å². The van der Waals surface area contributed by atoms with Crippen LogP contribution in [0.3, 0.4) is 0 Å². The van der Waals surface area contributed by atoms with E-state index in [2.05, 4.69) is 44.9 Å². The molecule has 1 aliphatic rings. The number of benzene rings is 1. The maximum Gasteiger partial charge on any atom is 0.319 e. The summed E-state index contributed by atoms with van der Waals surface area (Å²) >= 11 is 0. The van der Waals surface area contributed by atoms with Crippen LogP contribution in [0.1, 0.15) is 31.7 Å². The average Bonchev–Trinajstić information content (AvgIpc) is 2.68. The van der Waals surface area contributed by atoms with E-state index in [0.717, 1.165) is 24.5 Å². The number of aromatic nitrogens is 1. The smallest absolute Gasteiger partial charge is 0.319 e. The molecule has 6 heteroatoms. The normalized spacial score (nSPS) is 17.3. The molecule has 1 fully saturated rings. The van der Waals surface area contributed by atoms with Gasteiger partial charge in [-0.3, -0.25) is 9.88 Å². The molecule has 0 aliphatic carbocycles. The minimum Gasteiger partial charge on any atom is -0.382 e. The van der Waals surface area contributed by atoms with E-state index in [1.807, 2.05) is 24.3 Å². The third-order valence-electron chi connectivity index (χ3n) is 4.91. The zero-order valence-corrected chi connectivity index (χ0v) is 15.9. The molecule has 2 aromatic rings. The maximum absolute atomic E-state index is 12.1. The molecule has 0 spiro atoms. The van der Waals surface area contributed by atoms with Crippen LogP contribution in [0.5, 0.6) is 0 Å². The molecule has 6 nitrogen and oxygen atoms in total. The van der Waals surface area contributed by atoms with E-state index < -0.39 is 0 Å². The van der Waals surface area contributed by atoms with Crippen LogP contribution in [0.4, 0.5) is 16.2 Å². The molecule has 0 unspecified atom stereocenters. The molecule has 1 saturated heterocycles. The fourth-order valence-corrected chi connectivity index (χ4v) is 3.40. The van der Waals surface area contributed by atoms with E-state index in [9.17, 15) is 4.79 Å². The molecule has 1 aromatic heterocycles. The summed E-state index contributed by atoms with van der Waals surface area (Å²) in [5.41, 5.74) is 3.01. The Bertz CT molecular complexity index is 722. The Kier molecular flexibility index (Phi) is 7.04. The van der Waals surface area contributed by atoms with Gasteiger partial charge in [-0.2, -0.15) is 0 Å². The van der Waals surface area contributed by atoms with Crippen molar-refractivity contribution in [2.75, 3.05) is 30.3 Å². The number of rotatable bonds is 7. The lowest BCUT2D eigenvalue weighted by atomic mass is 10.0. The fraction of sp³-hybridized carbons (Fsp3) is 0.429. The SMILES string of the molecule is C[C@@H]1CCCCN1Cc1cccc(NC(=O)NCCNc2cccnc2)c1. The summed E-state index contributed by atoms with van der Waals surface area (Å²) in [6.45, 7) is 5.57. The van der Waals surface area contributed by atoms with Crippen molar-refractivity contribution in [2.45, 2.75) is 38.8 Å². The zero-order chi connectivity index (χ0) is 18.9. The predicted molar refractivity (Wildman–Crippen MR) is 110 cm³/mol. The van der Waals surface area contributed by atoms with Gasteiger partial charge in [-0.1, -0.05) is 18.6 Å². The molecule has 2 heterocycles. The Hall–Kier alpha value is -2.60. The van der Waals surface area contributed by atoms with Crippen molar-refractivity contribution in [3.05, 3.63) is 54.4 Å². The van der Waals surface area contributed by atoms with E-state index in [4.69, 9.17) is 0 Å². The van der Waals surface area contributed by atoms with Gasteiger partial charge in [0, 0.05) is 43.8 Å². The van der Waals surface area contributed by atoms with Gasteiger partial charge in [0.1, 0.15) is 0 Å². The summed E-state index contributed by atoms with van der Waals surface area (Å²) in [7, 11) is 0. The molecule has 0 bridgehead atoms. The van der Waals surface area contributed by atoms with Gasteiger partial charge < -0.3 is 16.0 Å². The van der Waals surface area contributed by atoms with E-state index in [0.29, 0.717) is 19.1 Å². The standard InChI is InChI=1S/C21H29N5O/c1-17-6-2-3-13-26(17)16-18-7-4-8-19(14-18)25-21(27)24-12-11-23-20-9-5-10-22-15-20/h4-5,7-10,14-15,17,23H,2-3,6,11-13,16H2,1H3,(H2,24,25,27)/t17-/m1/s1. The van der Waals surface area contributed by atoms with Crippen LogP contribution in [0.15, 0.2) is 48.8 Å². The van der Waals surface area contributed by atoms with Gasteiger partial charge in [0.15, 0.2) is 0 Å². The van der Waals surface area contributed by atoms with Crippen LogP contribution in [-0.4, -0.2) is 41.6 Å². The van der Waals surface area contributed by atoms with E-state index in [-0.39, 0.29) is 6.03 Å². The molecule has 1 aliphatic heterocycles. The van der Waals surface area contributed by atoms with Gasteiger partial charge in [-0.25, -0.2) is 4.79 Å². The lowest BCUT2D eigenvalue weighted by Gasteiger charge is -2.33. The monoisotopic (exact) mass is 367 g/mol. The van der Waals surface area contributed by atoms with Gasteiger partial charge in [0.2, 0.25) is 0 Å². The molecule has 2 amide bonds. The van der Waals surface area contributed by atoms with Crippen LogP contribution in [0.2, 0.25) is 0 Å². The van der Waals surface area contributed by atoms with Crippen LogP contribution < -0.4 is 16.0 Å². The van der Waals surface area contributed by atoms with Crippen molar-refractivity contribution in [1.29, 1.82) is 0 Å².